The number of unbranched alkanes of at least 4 members (excludes halogenated alkanes) is 3. The molecule has 0 aromatic heterocycles. The zero-order valence-corrected chi connectivity index (χ0v) is 38.5. The molecule has 0 spiro atoms. The van der Waals surface area contributed by atoms with Crippen molar-refractivity contribution in [2.45, 2.75) is 137 Å². The Kier molecular flexibility index (Phi) is 23.0. The Hall–Kier alpha value is -4.91. The molecule has 0 aliphatic heterocycles. The van der Waals surface area contributed by atoms with E-state index in [9.17, 15) is 14.4 Å². The second-order valence-electron chi connectivity index (χ2n) is 15.6. The lowest BCUT2D eigenvalue weighted by atomic mass is 10.0. The summed E-state index contributed by atoms with van der Waals surface area (Å²) in [6, 6.07) is 19.5. The summed E-state index contributed by atoms with van der Waals surface area (Å²) >= 11 is 0. The van der Waals surface area contributed by atoms with Crippen molar-refractivity contribution >= 4 is 28.0 Å². The van der Waals surface area contributed by atoms with Crippen molar-refractivity contribution in [2.75, 3.05) is 19.8 Å². The minimum atomic E-state index is -1.94. The highest BCUT2D eigenvalue weighted by molar-refractivity contribution is 6.16. The van der Waals surface area contributed by atoms with Crippen LogP contribution < -0.4 is 14.2 Å². The van der Waals surface area contributed by atoms with Gasteiger partial charge in [0.2, 0.25) is 0 Å². The zero-order valence-electron chi connectivity index (χ0n) is 37.5. The standard InChI is InChI=1S/C48H67N6O6Si/c1-8-14-23-36(11-4)32-58-42-29-20-17-26-39(42)45(55)50-49-35(7)48(61,53-51-46(56)40-27-18-21-30-43(40)59-33-37(12-5)24-15-9-2)54-52-47(57)41-28-19-22-31-44(41)60-34-38(13-6)25-16-10-3/h17-22,26-31,35-38H,8-16,23-25,32-34H2,1-7H3. The van der Waals surface area contributed by atoms with Crippen LogP contribution in [0, 0.1) is 17.8 Å². The molecule has 4 unspecified atom stereocenters. The second kappa shape index (κ2) is 27.8. The van der Waals surface area contributed by atoms with E-state index in [-0.39, 0.29) is 16.7 Å². The molecule has 3 amide bonds. The first-order chi connectivity index (χ1) is 29.5. The number of ether oxygens (including phenoxy) is 3. The third kappa shape index (κ3) is 16.8. The topological polar surface area (TPSA) is 153 Å². The Labute approximate surface area is 367 Å². The molecule has 0 saturated carbocycles. The van der Waals surface area contributed by atoms with Crippen LogP contribution in [0.4, 0.5) is 0 Å². The smallest absolute Gasteiger partial charge is 0.298 e. The van der Waals surface area contributed by atoms with Crippen molar-refractivity contribution in [3.05, 3.63) is 89.5 Å². The van der Waals surface area contributed by atoms with Crippen molar-refractivity contribution in [3.63, 3.8) is 0 Å². The number of benzene rings is 3. The van der Waals surface area contributed by atoms with Gasteiger partial charge in [-0.1, -0.05) is 136 Å². The highest BCUT2D eigenvalue weighted by atomic mass is 28.1. The summed E-state index contributed by atoms with van der Waals surface area (Å²) in [5, 5.41) is 22.9. The summed E-state index contributed by atoms with van der Waals surface area (Å²) in [5.41, 5.74) is 0.648. The summed E-state index contributed by atoms with van der Waals surface area (Å²) in [6.45, 7) is 15.8. The molecule has 0 bridgehead atoms. The Morgan fingerprint density at radius 2 is 0.836 bits per heavy atom. The van der Waals surface area contributed by atoms with E-state index in [1.54, 1.807) is 79.7 Å². The number of nitrogens with zero attached hydrogens (tertiary/aromatic N) is 6. The van der Waals surface area contributed by atoms with E-state index in [1.807, 2.05) is 0 Å². The van der Waals surface area contributed by atoms with E-state index >= 15 is 0 Å². The molecule has 3 radical (unpaired) electrons. The van der Waals surface area contributed by atoms with Gasteiger partial charge in [0, 0.05) is 0 Å². The summed E-state index contributed by atoms with van der Waals surface area (Å²) in [5.74, 6) is 0.145. The number of amides is 3. The maximum absolute atomic E-state index is 13.7. The fraction of sp³-hybridized carbons (Fsp3) is 0.562. The summed E-state index contributed by atoms with van der Waals surface area (Å²) < 4.78 is 18.4. The van der Waals surface area contributed by atoms with Gasteiger partial charge in [-0.25, -0.2) is 0 Å². The molecule has 61 heavy (non-hydrogen) atoms. The Bertz CT molecular complexity index is 1800. The van der Waals surface area contributed by atoms with Crippen molar-refractivity contribution in [2.24, 2.45) is 48.4 Å². The second-order valence-corrected chi connectivity index (χ2v) is 16.3. The quantitative estimate of drug-likeness (QED) is 0.0523. The van der Waals surface area contributed by atoms with Crippen LogP contribution in [0.1, 0.15) is 157 Å². The van der Waals surface area contributed by atoms with Crippen molar-refractivity contribution in [1.29, 1.82) is 0 Å². The molecule has 13 heteroatoms. The van der Waals surface area contributed by atoms with Gasteiger partial charge < -0.3 is 14.2 Å². The minimum Gasteiger partial charge on any atom is -0.492 e. The molecule has 329 valence electrons. The fourth-order valence-electron chi connectivity index (χ4n) is 6.44. The third-order valence-electron chi connectivity index (χ3n) is 10.9. The maximum Gasteiger partial charge on any atom is 0.298 e. The SMILES string of the molecule is CCCCC(CC)COc1ccccc1C(=O)N=NC(C)C([Si])(N=NC(=O)c1ccccc1OCC(CC)CCCC)N=NC(=O)c1ccccc1OCC(CC)CCCC. The van der Waals surface area contributed by atoms with Gasteiger partial charge in [-0.2, -0.15) is 15.3 Å². The van der Waals surface area contributed by atoms with E-state index in [0.717, 1.165) is 77.0 Å². The molecule has 4 atom stereocenters. The predicted octanol–water partition coefficient (Wildman–Crippen LogP) is 12.9. The van der Waals surface area contributed by atoms with Crippen molar-refractivity contribution < 1.29 is 28.6 Å². The molecule has 3 aromatic carbocycles. The van der Waals surface area contributed by atoms with Gasteiger partial charge in [-0.05, 0) is 80.3 Å². The normalized spacial score (nSPS) is 14.8. The first-order valence-electron chi connectivity index (χ1n) is 22.3. The molecule has 0 heterocycles. The number of azo groups is 3. The first kappa shape index (κ1) is 50.4. The molecule has 0 aliphatic carbocycles. The molecule has 0 aliphatic rings. The van der Waals surface area contributed by atoms with Gasteiger partial charge >= 0.3 is 0 Å². The number of para-hydroxylation sites is 3. The molecular formula is C48H67N6O6Si. The monoisotopic (exact) mass is 851 g/mol. The Morgan fingerprint density at radius 3 is 1.15 bits per heavy atom. The predicted molar refractivity (Wildman–Crippen MR) is 241 cm³/mol. The van der Waals surface area contributed by atoms with Gasteiger partial charge in [0.25, 0.3) is 17.7 Å². The van der Waals surface area contributed by atoms with Gasteiger partial charge in [0.05, 0.1) is 36.5 Å². The van der Waals surface area contributed by atoms with Gasteiger partial charge in [0.1, 0.15) is 33.5 Å². The fourth-order valence-corrected chi connectivity index (χ4v) is 6.59. The lowest BCUT2D eigenvalue weighted by molar-refractivity contribution is 0.0969. The first-order valence-corrected chi connectivity index (χ1v) is 22.8. The van der Waals surface area contributed by atoms with Crippen LogP contribution in [0.25, 0.3) is 0 Å². The number of carbonyl (C=O) groups is 3. The van der Waals surface area contributed by atoms with Crippen LogP contribution in [0.2, 0.25) is 0 Å². The molecule has 0 N–H and O–H groups in total. The van der Waals surface area contributed by atoms with Gasteiger partial charge in [0.15, 0.2) is 5.29 Å². The summed E-state index contributed by atoms with van der Waals surface area (Å²) in [4.78, 5) is 40.9. The Balaban J connectivity index is 1.95. The average Bonchev–Trinajstić information content (AvgIpc) is 3.29. The van der Waals surface area contributed by atoms with Crippen LogP contribution in [0.15, 0.2) is 103 Å². The molecule has 3 rings (SSSR count). The number of hydrogen-bond acceptors (Lipinski definition) is 9. The van der Waals surface area contributed by atoms with Crippen LogP contribution in [0.5, 0.6) is 17.2 Å². The molecular weight excluding hydrogens is 785 g/mol. The van der Waals surface area contributed by atoms with Crippen molar-refractivity contribution in [1.82, 2.24) is 0 Å². The third-order valence-corrected chi connectivity index (χ3v) is 11.5. The highest BCUT2D eigenvalue weighted by Crippen LogP contribution is 2.28. The number of hydrogen-bond donors (Lipinski definition) is 0. The van der Waals surface area contributed by atoms with Gasteiger partial charge in [-0.15, -0.1) is 15.3 Å². The Morgan fingerprint density at radius 1 is 0.525 bits per heavy atom. The van der Waals surface area contributed by atoms with Crippen LogP contribution in [-0.4, -0.2) is 59.1 Å². The summed E-state index contributed by atoms with van der Waals surface area (Å²) in [6.07, 6.45) is 12.5. The molecule has 12 nitrogen and oxygen atoms in total. The maximum atomic E-state index is 13.7. The lowest BCUT2D eigenvalue weighted by Crippen LogP contribution is -2.36. The minimum absolute atomic E-state index is 0.204. The van der Waals surface area contributed by atoms with E-state index in [0.29, 0.717) is 54.8 Å². The van der Waals surface area contributed by atoms with Gasteiger partial charge in [-0.3, -0.25) is 14.4 Å². The van der Waals surface area contributed by atoms with E-state index in [1.165, 1.54) is 0 Å². The molecule has 0 fully saturated rings. The van der Waals surface area contributed by atoms with Crippen LogP contribution in [-0.2, 0) is 0 Å². The number of carbonyl (C=O) groups excluding carboxylic acids is 3. The molecule has 0 saturated heterocycles. The average molecular weight is 852 g/mol. The van der Waals surface area contributed by atoms with Crippen molar-refractivity contribution in [3.8, 4) is 17.2 Å². The van der Waals surface area contributed by atoms with Crippen LogP contribution in [0.3, 0.4) is 0 Å². The van der Waals surface area contributed by atoms with E-state index in [4.69, 9.17) is 14.2 Å². The molecule has 3 aromatic rings. The summed E-state index contributed by atoms with van der Waals surface area (Å²) in [7, 11) is 3.54. The van der Waals surface area contributed by atoms with E-state index < -0.39 is 29.0 Å². The zero-order chi connectivity index (χ0) is 44.5. The lowest BCUT2D eigenvalue weighted by Gasteiger charge is -2.21. The van der Waals surface area contributed by atoms with E-state index in [2.05, 4.69) is 82.5 Å². The largest absolute Gasteiger partial charge is 0.492 e. The highest BCUT2D eigenvalue weighted by Gasteiger charge is 2.34. The van der Waals surface area contributed by atoms with Crippen LogP contribution >= 0.6 is 0 Å². The number of rotatable bonds is 28.